The van der Waals surface area contributed by atoms with Gasteiger partial charge >= 0.3 is 0 Å². The van der Waals surface area contributed by atoms with E-state index in [0.717, 1.165) is 12.1 Å². The van der Waals surface area contributed by atoms with Crippen molar-refractivity contribution in [2.45, 2.75) is 27.2 Å². The molecule has 4 nitrogen and oxygen atoms in total. The molecule has 2 rings (SSSR count). The Morgan fingerprint density at radius 3 is 2.54 bits per heavy atom. The van der Waals surface area contributed by atoms with E-state index in [1.807, 2.05) is 25.8 Å². The molecule has 6 heteroatoms. The first-order chi connectivity index (χ1) is 12.4. The number of carbonyl (C=O) groups excluding carboxylic acids is 1. The van der Waals surface area contributed by atoms with Crippen molar-refractivity contribution in [2.75, 3.05) is 18.5 Å². The maximum absolute atomic E-state index is 14.3. The number of rotatable bonds is 6. The Morgan fingerprint density at radius 1 is 1.23 bits per heavy atom. The first-order valence-corrected chi connectivity index (χ1v) is 8.88. The van der Waals surface area contributed by atoms with Gasteiger partial charge in [-0.15, -0.1) is 0 Å². The van der Waals surface area contributed by atoms with Crippen molar-refractivity contribution < 1.29 is 9.18 Å². The Labute approximate surface area is 158 Å². The number of nitrogens with zero attached hydrogens (tertiary/aromatic N) is 3. The maximum Gasteiger partial charge on any atom is 0.231 e. The molecule has 2 aromatic rings. The monoisotopic (exact) mass is 375 g/mol. The Morgan fingerprint density at radius 2 is 1.92 bits per heavy atom. The Hall–Kier alpha value is -2.40. The van der Waals surface area contributed by atoms with Gasteiger partial charge in [-0.3, -0.25) is 9.69 Å². The summed E-state index contributed by atoms with van der Waals surface area (Å²) in [6, 6.07) is 9.67. The number of amides is 1. The fraction of sp³-hybridized carbons (Fsp3) is 0.300. The topological polar surface area (TPSA) is 35.9 Å². The number of para-hydroxylation sites is 1. The number of anilines is 2. The molecule has 0 heterocycles. The zero-order chi connectivity index (χ0) is 19.3. The van der Waals surface area contributed by atoms with Crippen molar-refractivity contribution in [1.29, 1.82) is 0 Å². The van der Waals surface area contributed by atoms with Crippen molar-refractivity contribution in [3.8, 4) is 0 Å². The minimum Gasteiger partial charge on any atom is -0.366 e. The summed E-state index contributed by atoms with van der Waals surface area (Å²) in [5.74, 6) is -0.673. The van der Waals surface area contributed by atoms with Crippen LogP contribution in [0.1, 0.15) is 25.8 Å². The summed E-state index contributed by atoms with van der Waals surface area (Å²) in [6.07, 6.45) is 1.94. The lowest BCUT2D eigenvalue weighted by Gasteiger charge is -2.25. The van der Waals surface area contributed by atoms with Gasteiger partial charge < -0.3 is 4.90 Å². The van der Waals surface area contributed by atoms with Gasteiger partial charge in [-0.2, -0.15) is 0 Å². The third-order valence-electron chi connectivity index (χ3n) is 4.04. The van der Waals surface area contributed by atoms with Crippen molar-refractivity contribution in [3.63, 3.8) is 0 Å². The van der Waals surface area contributed by atoms with Gasteiger partial charge in [-0.25, -0.2) is 9.38 Å². The van der Waals surface area contributed by atoms with E-state index >= 15 is 0 Å². The highest BCUT2D eigenvalue weighted by molar-refractivity contribution is 6.33. The minimum atomic E-state index is -0.462. The second-order valence-corrected chi connectivity index (χ2v) is 6.35. The number of hydrogen-bond acceptors (Lipinski definition) is 2. The highest BCUT2D eigenvalue weighted by Gasteiger charge is 2.22. The van der Waals surface area contributed by atoms with E-state index in [2.05, 4.69) is 4.99 Å². The quantitative estimate of drug-likeness (QED) is 0.495. The van der Waals surface area contributed by atoms with Gasteiger partial charge in [-0.1, -0.05) is 30.7 Å². The second kappa shape index (κ2) is 8.81. The van der Waals surface area contributed by atoms with Crippen LogP contribution in [0.2, 0.25) is 5.02 Å². The molecule has 0 radical (unpaired) electrons. The first kappa shape index (κ1) is 19.9. The van der Waals surface area contributed by atoms with Crippen LogP contribution in [0.4, 0.5) is 21.5 Å². The van der Waals surface area contributed by atoms with Gasteiger partial charge in [0.2, 0.25) is 5.91 Å². The van der Waals surface area contributed by atoms with E-state index in [1.54, 1.807) is 43.6 Å². The first-order valence-electron chi connectivity index (χ1n) is 8.51. The number of benzene rings is 2. The van der Waals surface area contributed by atoms with Gasteiger partial charge in [-0.05, 0) is 43.7 Å². The number of aliphatic imine (C=N–C) groups is 1. The average Bonchev–Trinajstić information content (AvgIpc) is 2.64. The molecule has 0 unspecified atom stereocenters. The van der Waals surface area contributed by atoms with Crippen LogP contribution >= 0.6 is 11.6 Å². The van der Waals surface area contributed by atoms with Crippen LogP contribution < -0.4 is 4.90 Å². The number of hydrogen-bond donors (Lipinski definition) is 0. The predicted octanol–water partition coefficient (Wildman–Crippen LogP) is 5.47. The summed E-state index contributed by atoms with van der Waals surface area (Å²) >= 11 is 6.38. The van der Waals surface area contributed by atoms with Gasteiger partial charge in [0.25, 0.3) is 0 Å². The van der Waals surface area contributed by atoms with Crippen LogP contribution in [-0.2, 0) is 4.79 Å². The molecule has 0 aliphatic carbocycles. The molecule has 0 aliphatic rings. The van der Waals surface area contributed by atoms with Crippen molar-refractivity contribution in [2.24, 2.45) is 4.99 Å². The lowest BCUT2D eigenvalue weighted by Crippen LogP contribution is -2.26. The molecule has 0 spiro atoms. The fourth-order valence-electron chi connectivity index (χ4n) is 2.43. The van der Waals surface area contributed by atoms with Gasteiger partial charge in [0.1, 0.15) is 5.82 Å². The van der Waals surface area contributed by atoms with Crippen molar-refractivity contribution in [1.82, 2.24) is 4.90 Å². The molecule has 0 atom stereocenters. The molecule has 0 N–H and O–H groups in total. The minimum absolute atomic E-state index is 0.209. The van der Waals surface area contributed by atoms with Crippen LogP contribution in [0, 0.1) is 12.7 Å². The molecule has 1 amide bonds. The van der Waals surface area contributed by atoms with Crippen molar-refractivity contribution in [3.05, 3.63) is 52.8 Å². The molecule has 0 aliphatic heterocycles. The Kier molecular flexibility index (Phi) is 6.75. The fourth-order valence-corrected chi connectivity index (χ4v) is 2.63. The lowest BCUT2D eigenvalue weighted by molar-refractivity contribution is -0.117. The SMILES string of the molecule is CCC(=O)N(c1cc(Cl)c(N=CN(C)CC)cc1C)c1ccccc1F. The van der Waals surface area contributed by atoms with E-state index in [1.165, 1.54) is 11.0 Å². The van der Waals surface area contributed by atoms with E-state index in [-0.39, 0.29) is 18.0 Å². The summed E-state index contributed by atoms with van der Waals surface area (Å²) in [5.41, 5.74) is 2.15. The standard InChI is InChI=1S/C20H23ClFN3O/c1-5-20(26)25(18-10-8-7-9-16(18)22)19-12-15(21)17(11-14(19)3)23-13-24(4)6-2/h7-13H,5-6H2,1-4H3. The summed E-state index contributed by atoms with van der Waals surface area (Å²) in [5, 5.41) is 0.400. The number of aryl methyl sites for hydroxylation is 1. The predicted molar refractivity (Wildman–Crippen MR) is 106 cm³/mol. The number of halogens is 2. The largest absolute Gasteiger partial charge is 0.366 e. The molecule has 138 valence electrons. The molecule has 0 bridgehead atoms. The van der Waals surface area contributed by atoms with Crippen LogP contribution in [0.5, 0.6) is 0 Å². The zero-order valence-corrected chi connectivity index (χ0v) is 16.2. The molecular formula is C20H23ClFN3O. The maximum atomic E-state index is 14.3. The third kappa shape index (κ3) is 4.41. The lowest BCUT2D eigenvalue weighted by atomic mass is 10.1. The van der Waals surface area contributed by atoms with Gasteiger partial charge in [0.05, 0.1) is 28.4 Å². The summed E-state index contributed by atoms with van der Waals surface area (Å²) in [6.45, 7) is 6.44. The van der Waals surface area contributed by atoms with E-state index in [4.69, 9.17) is 11.6 Å². The van der Waals surface area contributed by atoms with Gasteiger partial charge in [0, 0.05) is 20.0 Å². The van der Waals surface area contributed by atoms with Crippen LogP contribution in [0.25, 0.3) is 0 Å². The zero-order valence-electron chi connectivity index (χ0n) is 15.5. The summed E-state index contributed by atoms with van der Waals surface area (Å²) in [7, 11) is 1.92. The van der Waals surface area contributed by atoms with Crippen LogP contribution in [-0.4, -0.2) is 30.7 Å². The smallest absolute Gasteiger partial charge is 0.231 e. The molecular weight excluding hydrogens is 353 g/mol. The molecule has 2 aromatic carbocycles. The summed E-state index contributed by atoms with van der Waals surface area (Å²) < 4.78 is 14.3. The number of carbonyl (C=O) groups is 1. The molecule has 26 heavy (non-hydrogen) atoms. The molecule has 0 fully saturated rings. The van der Waals surface area contributed by atoms with E-state index in [0.29, 0.717) is 16.4 Å². The second-order valence-electron chi connectivity index (χ2n) is 5.94. The van der Waals surface area contributed by atoms with Crippen LogP contribution in [0.15, 0.2) is 41.4 Å². The third-order valence-corrected chi connectivity index (χ3v) is 4.35. The normalized spacial score (nSPS) is 11.0. The Bertz CT molecular complexity index is 823. The van der Waals surface area contributed by atoms with E-state index in [9.17, 15) is 9.18 Å². The van der Waals surface area contributed by atoms with E-state index < -0.39 is 5.82 Å². The molecule has 0 saturated heterocycles. The van der Waals surface area contributed by atoms with Crippen LogP contribution in [0.3, 0.4) is 0 Å². The Balaban J connectivity index is 2.53. The van der Waals surface area contributed by atoms with Crippen molar-refractivity contribution >= 4 is 40.9 Å². The highest BCUT2D eigenvalue weighted by atomic mass is 35.5. The molecule has 0 saturated carbocycles. The molecule has 0 aromatic heterocycles. The van der Waals surface area contributed by atoms with Gasteiger partial charge in [0.15, 0.2) is 0 Å². The summed E-state index contributed by atoms with van der Waals surface area (Å²) in [4.78, 5) is 20.2. The highest BCUT2D eigenvalue weighted by Crippen LogP contribution is 2.37. The average molecular weight is 376 g/mol.